The minimum atomic E-state index is 0.198. The van der Waals surface area contributed by atoms with Gasteiger partial charge in [-0.2, -0.15) is 0 Å². The van der Waals surface area contributed by atoms with Gasteiger partial charge in [0, 0.05) is 20.0 Å². The van der Waals surface area contributed by atoms with Gasteiger partial charge in [-0.05, 0) is 30.4 Å². The number of anilines is 1. The number of likely N-dealkylation sites (tertiary alicyclic amines) is 1. The minimum absolute atomic E-state index is 0.198. The van der Waals surface area contributed by atoms with Gasteiger partial charge in [-0.3, -0.25) is 4.79 Å². The molecule has 2 rings (SSSR count). The van der Waals surface area contributed by atoms with Crippen molar-refractivity contribution in [2.75, 3.05) is 18.9 Å². The highest BCUT2D eigenvalue weighted by Gasteiger charge is 2.27. The molecule has 5 heteroatoms. The highest BCUT2D eigenvalue weighted by atomic mass is 35.5. The largest absolute Gasteiger partial charge is 0.373 e. The Morgan fingerprint density at radius 3 is 2.85 bits per heavy atom. The zero-order valence-electron chi connectivity index (χ0n) is 12.4. The summed E-state index contributed by atoms with van der Waals surface area (Å²) in [6.45, 7) is 5.70. The molecule has 1 aliphatic heterocycles. The Morgan fingerprint density at radius 1 is 1.40 bits per heavy atom. The van der Waals surface area contributed by atoms with Gasteiger partial charge in [-0.15, -0.1) is 0 Å². The van der Waals surface area contributed by atoms with Crippen molar-refractivity contribution in [1.82, 2.24) is 9.88 Å². The fourth-order valence-electron chi connectivity index (χ4n) is 2.37. The maximum Gasteiger partial charge on any atom is 0.222 e. The van der Waals surface area contributed by atoms with Crippen LogP contribution in [0.2, 0.25) is 5.02 Å². The summed E-state index contributed by atoms with van der Waals surface area (Å²) in [5.74, 6) is 0.968. The molecule has 0 radical (unpaired) electrons. The summed E-state index contributed by atoms with van der Waals surface area (Å²) in [5.41, 5.74) is 0.987. The van der Waals surface area contributed by atoms with Crippen LogP contribution in [0.3, 0.4) is 0 Å². The van der Waals surface area contributed by atoms with Gasteiger partial charge >= 0.3 is 0 Å². The van der Waals surface area contributed by atoms with Crippen LogP contribution in [0.4, 0.5) is 5.82 Å². The lowest BCUT2D eigenvalue weighted by molar-refractivity contribution is -0.131. The van der Waals surface area contributed by atoms with E-state index in [9.17, 15) is 4.79 Å². The first-order valence-electron chi connectivity index (χ1n) is 7.02. The molecular weight excluding hydrogens is 274 g/mol. The van der Waals surface area contributed by atoms with Gasteiger partial charge in [0.15, 0.2) is 0 Å². The lowest BCUT2D eigenvalue weighted by atomic mass is 9.85. The molecule has 1 saturated heterocycles. The molecule has 1 fully saturated rings. The monoisotopic (exact) mass is 295 g/mol. The third-order valence-corrected chi connectivity index (χ3v) is 4.29. The maximum absolute atomic E-state index is 12.2. The molecule has 1 aromatic rings. The Bertz CT molecular complexity index is 502. The predicted octanol–water partition coefficient (Wildman–Crippen LogP) is 3.32. The van der Waals surface area contributed by atoms with Gasteiger partial charge in [0.25, 0.3) is 0 Å². The quantitative estimate of drug-likeness (QED) is 0.930. The van der Waals surface area contributed by atoms with Crippen molar-refractivity contribution >= 4 is 23.3 Å². The van der Waals surface area contributed by atoms with Gasteiger partial charge in [-0.1, -0.05) is 25.4 Å². The standard InChI is InChI=1S/C15H22ClN3O/c1-15(2)7-6-14(20)19(9-8-15)10-12-11(16)4-5-13(17-3)18-12/h4-5H,6-10H2,1-3H3,(H,17,18). The van der Waals surface area contributed by atoms with Crippen molar-refractivity contribution in [2.45, 2.75) is 39.7 Å². The molecule has 0 aromatic carbocycles. The SMILES string of the molecule is CNc1ccc(Cl)c(CN2CCC(C)(C)CCC2=O)n1. The fourth-order valence-corrected chi connectivity index (χ4v) is 2.54. The van der Waals surface area contributed by atoms with Crippen LogP contribution >= 0.6 is 11.6 Å². The lowest BCUT2D eigenvalue weighted by Gasteiger charge is -2.23. The molecule has 0 bridgehead atoms. The topological polar surface area (TPSA) is 45.2 Å². The molecule has 4 nitrogen and oxygen atoms in total. The van der Waals surface area contributed by atoms with Crippen molar-refractivity contribution in [2.24, 2.45) is 5.41 Å². The Labute approximate surface area is 125 Å². The number of hydrogen-bond donors (Lipinski definition) is 1. The zero-order chi connectivity index (χ0) is 14.8. The summed E-state index contributed by atoms with van der Waals surface area (Å²) in [4.78, 5) is 18.5. The Morgan fingerprint density at radius 2 is 2.15 bits per heavy atom. The summed E-state index contributed by atoms with van der Waals surface area (Å²) in [6, 6.07) is 3.65. The normalized spacial score (nSPS) is 18.8. The van der Waals surface area contributed by atoms with Gasteiger partial charge < -0.3 is 10.2 Å². The van der Waals surface area contributed by atoms with Crippen molar-refractivity contribution in [3.63, 3.8) is 0 Å². The number of halogens is 1. The summed E-state index contributed by atoms with van der Waals surface area (Å²) < 4.78 is 0. The molecule has 0 unspecified atom stereocenters. The van der Waals surface area contributed by atoms with E-state index >= 15 is 0 Å². The van der Waals surface area contributed by atoms with Crippen LogP contribution in [-0.2, 0) is 11.3 Å². The van der Waals surface area contributed by atoms with E-state index in [0.717, 1.165) is 30.9 Å². The summed E-state index contributed by atoms with van der Waals surface area (Å²) >= 11 is 6.19. The van der Waals surface area contributed by atoms with E-state index in [1.165, 1.54) is 0 Å². The number of carbonyl (C=O) groups excluding carboxylic acids is 1. The summed E-state index contributed by atoms with van der Waals surface area (Å²) in [5, 5.41) is 3.61. The molecule has 0 spiro atoms. The van der Waals surface area contributed by atoms with Gasteiger partial charge in [0.2, 0.25) is 5.91 Å². The molecule has 0 atom stereocenters. The van der Waals surface area contributed by atoms with E-state index in [2.05, 4.69) is 24.1 Å². The molecule has 1 aliphatic rings. The van der Waals surface area contributed by atoms with Crippen LogP contribution in [0, 0.1) is 5.41 Å². The molecule has 0 saturated carbocycles. The second-order valence-electron chi connectivity index (χ2n) is 6.10. The molecule has 20 heavy (non-hydrogen) atoms. The Balaban J connectivity index is 2.14. The lowest BCUT2D eigenvalue weighted by Crippen LogP contribution is -2.30. The number of nitrogens with zero attached hydrogens (tertiary/aromatic N) is 2. The highest BCUT2D eigenvalue weighted by Crippen LogP contribution is 2.31. The Hall–Kier alpha value is -1.29. The average Bonchev–Trinajstić information content (AvgIpc) is 2.54. The second kappa shape index (κ2) is 6.00. The van der Waals surface area contributed by atoms with Crippen molar-refractivity contribution in [3.05, 3.63) is 22.8 Å². The van der Waals surface area contributed by atoms with Crippen LogP contribution in [0.5, 0.6) is 0 Å². The van der Waals surface area contributed by atoms with Gasteiger partial charge in [0.1, 0.15) is 5.82 Å². The van der Waals surface area contributed by atoms with Crippen molar-refractivity contribution in [1.29, 1.82) is 0 Å². The predicted molar refractivity (Wildman–Crippen MR) is 81.8 cm³/mol. The number of pyridine rings is 1. The number of nitrogens with one attached hydrogen (secondary N) is 1. The first-order valence-corrected chi connectivity index (χ1v) is 7.40. The molecule has 1 N–H and O–H groups in total. The summed E-state index contributed by atoms with van der Waals surface area (Å²) in [6.07, 6.45) is 2.57. The van der Waals surface area contributed by atoms with Crippen molar-refractivity contribution < 1.29 is 4.79 Å². The van der Waals surface area contributed by atoms with Crippen LogP contribution in [0.1, 0.15) is 38.8 Å². The number of rotatable bonds is 3. The Kier molecular flexibility index (Phi) is 4.53. The van der Waals surface area contributed by atoms with Crippen molar-refractivity contribution in [3.8, 4) is 0 Å². The molecule has 0 aliphatic carbocycles. The number of amides is 1. The number of hydrogen-bond acceptors (Lipinski definition) is 3. The third kappa shape index (κ3) is 3.63. The van der Waals surface area contributed by atoms with Crippen LogP contribution in [-0.4, -0.2) is 29.4 Å². The average molecular weight is 296 g/mol. The first-order chi connectivity index (χ1) is 9.41. The molecular formula is C15H22ClN3O. The molecule has 1 aromatic heterocycles. The number of aromatic nitrogens is 1. The van der Waals surface area contributed by atoms with Gasteiger partial charge in [0.05, 0.1) is 17.3 Å². The third-order valence-electron chi connectivity index (χ3n) is 3.94. The smallest absolute Gasteiger partial charge is 0.222 e. The zero-order valence-corrected chi connectivity index (χ0v) is 13.1. The second-order valence-corrected chi connectivity index (χ2v) is 6.51. The van der Waals surface area contributed by atoms with E-state index in [1.807, 2.05) is 24.1 Å². The van der Waals surface area contributed by atoms with E-state index in [1.54, 1.807) is 0 Å². The van der Waals surface area contributed by atoms with Crippen LogP contribution < -0.4 is 5.32 Å². The van der Waals surface area contributed by atoms with E-state index in [-0.39, 0.29) is 11.3 Å². The van der Waals surface area contributed by atoms with Gasteiger partial charge in [-0.25, -0.2) is 4.98 Å². The minimum Gasteiger partial charge on any atom is -0.373 e. The molecule has 1 amide bonds. The molecule has 110 valence electrons. The number of carbonyl (C=O) groups is 1. The first kappa shape index (κ1) is 15.1. The fraction of sp³-hybridized carbons (Fsp3) is 0.600. The molecule has 2 heterocycles. The highest BCUT2D eigenvalue weighted by molar-refractivity contribution is 6.31. The van der Waals surface area contributed by atoms with E-state index < -0.39 is 0 Å². The van der Waals surface area contributed by atoms with Crippen LogP contribution in [0.15, 0.2) is 12.1 Å². The maximum atomic E-state index is 12.2. The van der Waals surface area contributed by atoms with E-state index in [4.69, 9.17) is 11.6 Å². The van der Waals surface area contributed by atoms with E-state index in [0.29, 0.717) is 18.0 Å². The summed E-state index contributed by atoms with van der Waals surface area (Å²) in [7, 11) is 1.82. The van der Waals surface area contributed by atoms with Crippen LogP contribution in [0.25, 0.3) is 0 Å².